The average molecular weight is 441 g/mol. The molecule has 0 spiro atoms. The zero-order valence-electron chi connectivity index (χ0n) is 18.4. The lowest BCUT2D eigenvalue weighted by molar-refractivity contribution is 0.0953. The smallest absolute Gasteiger partial charge is 0.253 e. The largest absolute Gasteiger partial charge is 0.457 e. The van der Waals surface area contributed by atoms with Crippen molar-refractivity contribution in [2.45, 2.75) is 6.92 Å². The molecular formula is C25H24N6O2. The molecular weight excluding hydrogens is 416 g/mol. The molecule has 2 aromatic carbocycles. The first-order chi connectivity index (χ1) is 16.1. The number of para-hydroxylation sites is 1. The summed E-state index contributed by atoms with van der Waals surface area (Å²) in [6, 6.07) is 19.2. The highest BCUT2D eigenvalue weighted by molar-refractivity contribution is 6.00. The third kappa shape index (κ3) is 4.79. The zero-order valence-corrected chi connectivity index (χ0v) is 18.4. The van der Waals surface area contributed by atoms with Crippen molar-refractivity contribution in [1.29, 1.82) is 5.26 Å². The number of nitrogens with zero attached hydrogens (tertiary/aromatic N) is 3. The van der Waals surface area contributed by atoms with Crippen LogP contribution >= 0.6 is 0 Å². The zero-order chi connectivity index (χ0) is 23.2. The quantitative estimate of drug-likeness (QED) is 0.358. The van der Waals surface area contributed by atoms with Gasteiger partial charge in [-0.15, -0.1) is 0 Å². The van der Waals surface area contributed by atoms with Crippen LogP contribution < -0.4 is 20.7 Å². The maximum absolute atomic E-state index is 12.6. The molecule has 0 aliphatic carbocycles. The van der Waals surface area contributed by atoms with Gasteiger partial charge < -0.3 is 20.7 Å². The molecule has 4 aromatic rings. The molecule has 0 aliphatic heterocycles. The van der Waals surface area contributed by atoms with E-state index >= 15 is 0 Å². The third-order valence-electron chi connectivity index (χ3n) is 5.19. The van der Waals surface area contributed by atoms with E-state index in [-0.39, 0.29) is 5.91 Å². The number of fused-ring (bicyclic) bond motifs is 1. The first-order valence-electron chi connectivity index (χ1n) is 10.5. The van der Waals surface area contributed by atoms with Crippen LogP contribution in [0.3, 0.4) is 0 Å². The van der Waals surface area contributed by atoms with Crippen LogP contribution in [0.15, 0.2) is 67.0 Å². The van der Waals surface area contributed by atoms with E-state index in [2.05, 4.69) is 27.1 Å². The topological polar surface area (TPSA) is 103 Å². The van der Waals surface area contributed by atoms with Gasteiger partial charge >= 0.3 is 0 Å². The Balaban J connectivity index is 1.62. The fourth-order valence-corrected chi connectivity index (χ4v) is 3.50. The fraction of sp³-hybridized carbons (Fsp3) is 0.160. The summed E-state index contributed by atoms with van der Waals surface area (Å²) in [7, 11) is 1.83. The summed E-state index contributed by atoms with van der Waals surface area (Å²) in [5, 5.41) is 23.2. The van der Waals surface area contributed by atoms with E-state index in [1.807, 2.05) is 68.6 Å². The second-order valence-electron chi connectivity index (χ2n) is 7.43. The number of amides is 1. The van der Waals surface area contributed by atoms with Gasteiger partial charge in [-0.05, 0) is 55.9 Å². The van der Waals surface area contributed by atoms with Crippen molar-refractivity contribution < 1.29 is 9.53 Å². The molecule has 0 fully saturated rings. The van der Waals surface area contributed by atoms with Gasteiger partial charge in [-0.3, -0.25) is 4.79 Å². The van der Waals surface area contributed by atoms with E-state index in [9.17, 15) is 10.1 Å². The maximum atomic E-state index is 12.6. The molecule has 4 rings (SSSR count). The molecule has 3 N–H and O–H groups in total. The Bertz CT molecular complexity index is 1310. The number of aromatic nitrogens is 2. The molecule has 0 unspecified atom stereocenters. The molecule has 0 saturated heterocycles. The number of carbonyl (C=O) groups excluding carboxylic acids is 1. The number of ether oxygens (including phenoxy) is 1. The number of benzene rings is 2. The number of rotatable bonds is 8. The summed E-state index contributed by atoms with van der Waals surface area (Å²) in [5.74, 6) is 1.27. The molecule has 0 bridgehead atoms. The molecule has 1 amide bonds. The highest BCUT2D eigenvalue weighted by atomic mass is 16.5. The molecule has 0 saturated carbocycles. The Hall–Kier alpha value is -4.35. The van der Waals surface area contributed by atoms with Gasteiger partial charge in [0.15, 0.2) is 0 Å². The SMILES string of the molecule is CNCCNC(=O)c1cn2ncc(C#N)c(Nc3ccc(Oc4ccccc4)cc3)c2c1C. The second-order valence-corrected chi connectivity index (χ2v) is 7.43. The number of hydrogen-bond acceptors (Lipinski definition) is 6. The Morgan fingerprint density at radius 1 is 1.09 bits per heavy atom. The normalized spacial score (nSPS) is 10.6. The summed E-state index contributed by atoms with van der Waals surface area (Å²) in [4.78, 5) is 12.6. The van der Waals surface area contributed by atoms with Crippen LogP contribution in [-0.4, -0.2) is 35.7 Å². The number of aryl methyl sites for hydroxylation is 1. The van der Waals surface area contributed by atoms with Gasteiger partial charge in [0.1, 0.15) is 17.6 Å². The first kappa shape index (κ1) is 21.9. The Labute approximate surface area is 191 Å². The van der Waals surface area contributed by atoms with Gasteiger partial charge in [-0.2, -0.15) is 10.4 Å². The monoisotopic (exact) mass is 440 g/mol. The van der Waals surface area contributed by atoms with Crippen LogP contribution in [0.1, 0.15) is 21.5 Å². The minimum Gasteiger partial charge on any atom is -0.457 e. The minimum absolute atomic E-state index is 0.180. The number of nitrogens with one attached hydrogen (secondary N) is 3. The van der Waals surface area contributed by atoms with E-state index in [1.165, 1.54) is 6.20 Å². The predicted octanol–water partition coefficient (Wildman–Crippen LogP) is 4.00. The van der Waals surface area contributed by atoms with Gasteiger partial charge in [0.2, 0.25) is 0 Å². The van der Waals surface area contributed by atoms with Gasteiger partial charge in [0.25, 0.3) is 5.91 Å². The van der Waals surface area contributed by atoms with E-state index in [4.69, 9.17) is 4.74 Å². The number of likely N-dealkylation sites (N-methyl/N-ethyl adjacent to an activating group) is 1. The lowest BCUT2D eigenvalue weighted by Crippen LogP contribution is -2.30. The van der Waals surface area contributed by atoms with Crippen molar-refractivity contribution in [3.8, 4) is 17.6 Å². The van der Waals surface area contributed by atoms with Crippen LogP contribution in [0, 0.1) is 18.3 Å². The van der Waals surface area contributed by atoms with Gasteiger partial charge in [0.05, 0.1) is 28.5 Å². The third-order valence-corrected chi connectivity index (χ3v) is 5.19. The highest BCUT2D eigenvalue weighted by Crippen LogP contribution is 2.31. The second kappa shape index (κ2) is 9.85. The van der Waals surface area contributed by atoms with Crippen LogP contribution in [0.4, 0.5) is 11.4 Å². The molecule has 166 valence electrons. The lowest BCUT2D eigenvalue weighted by atomic mass is 10.1. The first-order valence-corrected chi connectivity index (χ1v) is 10.5. The van der Waals surface area contributed by atoms with Gasteiger partial charge in [-0.1, -0.05) is 18.2 Å². The predicted molar refractivity (Wildman–Crippen MR) is 127 cm³/mol. The van der Waals surface area contributed by atoms with E-state index < -0.39 is 0 Å². The van der Waals surface area contributed by atoms with Crippen LogP contribution in [0.2, 0.25) is 0 Å². The molecule has 0 aliphatic rings. The van der Waals surface area contributed by atoms with Crippen molar-refractivity contribution in [3.05, 3.63) is 83.7 Å². The molecule has 2 heterocycles. The maximum Gasteiger partial charge on any atom is 0.253 e. The summed E-state index contributed by atoms with van der Waals surface area (Å²) < 4.78 is 7.47. The van der Waals surface area contributed by atoms with Crippen molar-refractivity contribution in [1.82, 2.24) is 20.2 Å². The summed E-state index contributed by atoms with van der Waals surface area (Å²) in [6.45, 7) is 3.04. The van der Waals surface area contributed by atoms with Crippen LogP contribution in [0.25, 0.3) is 5.52 Å². The number of carbonyl (C=O) groups is 1. The van der Waals surface area contributed by atoms with E-state index in [0.29, 0.717) is 41.2 Å². The van der Waals surface area contributed by atoms with Crippen molar-refractivity contribution in [2.75, 3.05) is 25.5 Å². The fourth-order valence-electron chi connectivity index (χ4n) is 3.50. The standard InChI is InChI=1S/C25H24N6O2/c1-17-22(25(32)28-13-12-27-2)16-31-24(17)23(18(14-26)15-29-31)30-19-8-10-21(11-9-19)33-20-6-4-3-5-7-20/h3-11,15-16,27,30H,12-13H2,1-2H3,(H,28,32). The molecule has 0 atom stereocenters. The summed E-state index contributed by atoms with van der Waals surface area (Å²) in [5.41, 5.74) is 3.70. The Morgan fingerprint density at radius 3 is 2.52 bits per heavy atom. The van der Waals surface area contributed by atoms with Gasteiger partial charge in [0, 0.05) is 25.0 Å². The molecule has 8 nitrogen and oxygen atoms in total. The number of nitriles is 1. The van der Waals surface area contributed by atoms with E-state index in [0.717, 1.165) is 17.0 Å². The minimum atomic E-state index is -0.180. The molecule has 2 aromatic heterocycles. The van der Waals surface area contributed by atoms with Gasteiger partial charge in [-0.25, -0.2) is 4.52 Å². The van der Waals surface area contributed by atoms with Crippen molar-refractivity contribution in [3.63, 3.8) is 0 Å². The molecule has 0 radical (unpaired) electrons. The lowest BCUT2D eigenvalue weighted by Gasteiger charge is -2.12. The molecule has 33 heavy (non-hydrogen) atoms. The summed E-state index contributed by atoms with van der Waals surface area (Å²) >= 11 is 0. The molecule has 8 heteroatoms. The van der Waals surface area contributed by atoms with Crippen molar-refractivity contribution >= 4 is 22.8 Å². The highest BCUT2D eigenvalue weighted by Gasteiger charge is 2.19. The average Bonchev–Trinajstić information content (AvgIpc) is 3.18. The Kier molecular flexibility index (Phi) is 6.53. The number of anilines is 2. The van der Waals surface area contributed by atoms with Crippen LogP contribution in [-0.2, 0) is 0 Å². The number of hydrogen-bond donors (Lipinski definition) is 3. The van der Waals surface area contributed by atoms with Crippen molar-refractivity contribution in [2.24, 2.45) is 0 Å². The van der Waals surface area contributed by atoms with E-state index in [1.54, 1.807) is 10.7 Å². The Morgan fingerprint density at radius 2 is 1.82 bits per heavy atom. The van der Waals surface area contributed by atoms with Crippen LogP contribution in [0.5, 0.6) is 11.5 Å². The summed E-state index contributed by atoms with van der Waals surface area (Å²) in [6.07, 6.45) is 3.17.